The molecule has 0 aliphatic heterocycles. The molecule has 0 N–H and O–H groups in total. The minimum Gasteiger partial charge on any atom is -0.493 e. The van der Waals surface area contributed by atoms with Crippen LogP contribution < -0.4 is 14.2 Å². The van der Waals surface area contributed by atoms with Crippen molar-refractivity contribution in [3.8, 4) is 28.4 Å². The van der Waals surface area contributed by atoms with Gasteiger partial charge in [0.05, 0.1) is 21.3 Å². The lowest BCUT2D eigenvalue weighted by Crippen LogP contribution is -2.01. The van der Waals surface area contributed by atoms with E-state index in [1.807, 2.05) is 54.6 Å². The number of hydrogen-bond donors (Lipinski definition) is 0. The van der Waals surface area contributed by atoms with Crippen LogP contribution in [-0.4, -0.2) is 27.1 Å². The van der Waals surface area contributed by atoms with E-state index in [9.17, 15) is 4.79 Å². The Bertz CT molecular complexity index is 1160. The van der Waals surface area contributed by atoms with E-state index >= 15 is 0 Å². The Morgan fingerprint density at radius 2 is 1.41 bits per heavy atom. The van der Waals surface area contributed by atoms with E-state index in [2.05, 4.69) is 0 Å². The molecule has 0 bridgehead atoms. The fraction of sp³-hybridized carbons (Fsp3) is 0.125. The highest BCUT2D eigenvalue weighted by atomic mass is 16.5. The second-order valence-electron chi connectivity index (χ2n) is 6.39. The van der Waals surface area contributed by atoms with Gasteiger partial charge in [-0.05, 0) is 11.6 Å². The normalized spacial score (nSPS) is 10.7. The third-order valence-electron chi connectivity index (χ3n) is 4.79. The Kier molecular flexibility index (Phi) is 4.96. The summed E-state index contributed by atoms with van der Waals surface area (Å²) in [4.78, 5) is 13.3. The van der Waals surface area contributed by atoms with Crippen molar-refractivity contribution >= 4 is 16.8 Å². The molecule has 0 amide bonds. The molecule has 1 heterocycles. The van der Waals surface area contributed by atoms with Crippen molar-refractivity contribution in [3.63, 3.8) is 0 Å². The molecule has 0 saturated heterocycles. The van der Waals surface area contributed by atoms with Gasteiger partial charge in [-0.25, -0.2) is 0 Å². The minimum atomic E-state index is -0.208. The highest BCUT2D eigenvalue weighted by molar-refractivity contribution is 6.16. The number of carbonyl (C=O) groups excluding carboxylic acids is 1. The third kappa shape index (κ3) is 3.10. The van der Waals surface area contributed by atoms with Crippen LogP contribution in [0.5, 0.6) is 17.2 Å². The Balaban J connectivity index is 2.09. The highest BCUT2D eigenvalue weighted by Gasteiger charge is 2.28. The van der Waals surface area contributed by atoms with Gasteiger partial charge in [0.2, 0.25) is 17.3 Å². The van der Waals surface area contributed by atoms with Crippen LogP contribution in [-0.2, 0) is 0 Å². The topological polar surface area (TPSA) is 57.9 Å². The SMILES string of the molecule is COc1cc2c(-c3ccccc3)c(C(=O)c3ccccc3)oc2c(OC)c1OC. The lowest BCUT2D eigenvalue weighted by molar-refractivity contribution is 0.101. The van der Waals surface area contributed by atoms with Crippen LogP contribution in [0.1, 0.15) is 16.1 Å². The number of carbonyl (C=O) groups is 1. The fourth-order valence-corrected chi connectivity index (χ4v) is 3.46. The molecule has 0 unspecified atom stereocenters. The van der Waals surface area contributed by atoms with Crippen molar-refractivity contribution in [1.82, 2.24) is 0 Å². The van der Waals surface area contributed by atoms with Gasteiger partial charge in [0, 0.05) is 16.5 Å². The molecule has 0 saturated carbocycles. The zero-order valence-electron chi connectivity index (χ0n) is 16.4. The van der Waals surface area contributed by atoms with Crippen molar-refractivity contribution < 1.29 is 23.4 Å². The first-order valence-electron chi connectivity index (χ1n) is 9.10. The average molecular weight is 388 g/mol. The predicted octanol–water partition coefficient (Wildman–Crippen LogP) is 5.36. The van der Waals surface area contributed by atoms with E-state index in [-0.39, 0.29) is 11.5 Å². The van der Waals surface area contributed by atoms with Gasteiger partial charge in [0.15, 0.2) is 17.1 Å². The predicted molar refractivity (Wildman–Crippen MR) is 111 cm³/mol. The molecule has 0 spiro atoms. The van der Waals surface area contributed by atoms with Crippen LogP contribution >= 0.6 is 0 Å². The minimum absolute atomic E-state index is 0.208. The third-order valence-corrected chi connectivity index (χ3v) is 4.79. The van der Waals surface area contributed by atoms with Gasteiger partial charge in [-0.15, -0.1) is 0 Å². The molecule has 146 valence electrons. The lowest BCUT2D eigenvalue weighted by atomic mass is 9.97. The van der Waals surface area contributed by atoms with Gasteiger partial charge >= 0.3 is 0 Å². The van der Waals surface area contributed by atoms with Crippen LogP contribution in [0.25, 0.3) is 22.1 Å². The Morgan fingerprint density at radius 1 is 0.793 bits per heavy atom. The number of furan rings is 1. The molecule has 3 aromatic carbocycles. The van der Waals surface area contributed by atoms with E-state index in [1.54, 1.807) is 19.2 Å². The van der Waals surface area contributed by atoms with Gasteiger partial charge in [-0.2, -0.15) is 0 Å². The van der Waals surface area contributed by atoms with Gasteiger partial charge in [-0.3, -0.25) is 4.79 Å². The second-order valence-corrected chi connectivity index (χ2v) is 6.39. The second kappa shape index (κ2) is 7.72. The van der Waals surface area contributed by atoms with Gasteiger partial charge < -0.3 is 18.6 Å². The molecule has 5 heteroatoms. The number of ketones is 1. The standard InChI is InChI=1S/C24H20O5/c1-26-18-14-17-19(15-10-6-4-7-11-15)23(20(25)16-12-8-5-9-13-16)29-21(17)24(28-3)22(18)27-2/h4-14H,1-3H3. The number of hydrogen-bond acceptors (Lipinski definition) is 5. The summed E-state index contributed by atoms with van der Waals surface area (Å²) in [7, 11) is 4.62. The summed E-state index contributed by atoms with van der Waals surface area (Å²) in [6, 6.07) is 20.5. The smallest absolute Gasteiger partial charge is 0.228 e. The molecule has 4 aromatic rings. The van der Waals surface area contributed by atoms with E-state index in [0.717, 1.165) is 5.56 Å². The van der Waals surface area contributed by atoms with Gasteiger partial charge in [0.1, 0.15) is 0 Å². The summed E-state index contributed by atoms with van der Waals surface area (Å²) in [5.74, 6) is 1.32. The molecular formula is C24H20O5. The van der Waals surface area contributed by atoms with Crippen molar-refractivity contribution in [2.45, 2.75) is 0 Å². The summed E-state index contributed by atoms with van der Waals surface area (Å²) in [6.45, 7) is 0. The maximum absolute atomic E-state index is 13.3. The quantitative estimate of drug-likeness (QED) is 0.416. The van der Waals surface area contributed by atoms with E-state index in [1.165, 1.54) is 14.2 Å². The first-order chi connectivity index (χ1) is 14.2. The van der Waals surface area contributed by atoms with Crippen LogP contribution in [0.3, 0.4) is 0 Å². The largest absolute Gasteiger partial charge is 0.493 e. The van der Waals surface area contributed by atoms with Crippen molar-refractivity contribution in [2.75, 3.05) is 21.3 Å². The summed E-state index contributed by atoms with van der Waals surface area (Å²) in [5.41, 5.74) is 2.53. The van der Waals surface area contributed by atoms with Crippen molar-refractivity contribution in [3.05, 3.63) is 78.1 Å². The summed E-state index contributed by atoms with van der Waals surface area (Å²) in [6.07, 6.45) is 0. The summed E-state index contributed by atoms with van der Waals surface area (Å²) >= 11 is 0. The molecule has 5 nitrogen and oxygen atoms in total. The van der Waals surface area contributed by atoms with Crippen LogP contribution in [0.4, 0.5) is 0 Å². The molecule has 0 aliphatic carbocycles. The average Bonchev–Trinajstić information content (AvgIpc) is 3.17. The van der Waals surface area contributed by atoms with Crippen molar-refractivity contribution in [2.24, 2.45) is 0 Å². The molecule has 0 fully saturated rings. The highest BCUT2D eigenvalue weighted by Crippen LogP contribution is 2.48. The summed E-state index contributed by atoms with van der Waals surface area (Å²) < 4.78 is 22.7. The van der Waals surface area contributed by atoms with E-state index in [0.29, 0.717) is 39.3 Å². The van der Waals surface area contributed by atoms with Crippen LogP contribution in [0.15, 0.2) is 71.1 Å². The van der Waals surface area contributed by atoms with Crippen molar-refractivity contribution in [1.29, 1.82) is 0 Å². The molecule has 0 radical (unpaired) electrons. The fourth-order valence-electron chi connectivity index (χ4n) is 3.46. The lowest BCUT2D eigenvalue weighted by Gasteiger charge is -2.12. The van der Waals surface area contributed by atoms with Crippen LogP contribution in [0, 0.1) is 0 Å². The molecule has 4 rings (SSSR count). The first kappa shape index (κ1) is 18.6. The van der Waals surface area contributed by atoms with E-state index in [4.69, 9.17) is 18.6 Å². The van der Waals surface area contributed by atoms with Gasteiger partial charge in [-0.1, -0.05) is 60.7 Å². The molecule has 0 atom stereocenters. The summed E-state index contributed by atoms with van der Waals surface area (Å²) in [5, 5.41) is 0.713. The zero-order valence-corrected chi connectivity index (χ0v) is 16.4. The molecular weight excluding hydrogens is 368 g/mol. The van der Waals surface area contributed by atoms with Gasteiger partial charge in [0.25, 0.3) is 0 Å². The Hall–Kier alpha value is -3.73. The Labute approximate surface area is 168 Å². The number of ether oxygens (including phenoxy) is 3. The molecule has 1 aromatic heterocycles. The molecule has 0 aliphatic rings. The number of rotatable bonds is 6. The number of fused-ring (bicyclic) bond motifs is 1. The number of methoxy groups -OCH3 is 3. The van der Waals surface area contributed by atoms with E-state index < -0.39 is 0 Å². The maximum atomic E-state index is 13.3. The molecule has 29 heavy (non-hydrogen) atoms. The monoisotopic (exact) mass is 388 g/mol. The first-order valence-corrected chi connectivity index (χ1v) is 9.10. The maximum Gasteiger partial charge on any atom is 0.228 e. The zero-order chi connectivity index (χ0) is 20.4. The van der Waals surface area contributed by atoms with Crippen LogP contribution in [0.2, 0.25) is 0 Å². The Morgan fingerprint density at radius 3 is 2.00 bits per heavy atom. The number of benzene rings is 3.